The summed E-state index contributed by atoms with van der Waals surface area (Å²) in [5.74, 6) is 0.850. The summed E-state index contributed by atoms with van der Waals surface area (Å²) in [4.78, 5) is 20.1. The van der Waals surface area contributed by atoms with Gasteiger partial charge in [-0.3, -0.25) is 4.79 Å². The van der Waals surface area contributed by atoms with E-state index < -0.39 is 0 Å². The summed E-state index contributed by atoms with van der Waals surface area (Å²) in [6, 6.07) is 11.6. The molecule has 0 unspecified atom stereocenters. The quantitative estimate of drug-likeness (QED) is 0.559. The number of likely N-dealkylation sites (tertiary alicyclic amines) is 1. The summed E-state index contributed by atoms with van der Waals surface area (Å²) in [5, 5.41) is 4.26. The smallest absolute Gasteiger partial charge is 0.273 e. The van der Waals surface area contributed by atoms with E-state index >= 15 is 0 Å². The standard InChI is InChI=1S/C30H37ClFN3O/c31-28-13-12-23-26(34-28)11-6-15-30(23)19-33-18-24(30)29(36)35-16-14-21(22-9-4-5-10-25(22)32)17-27(35)20-7-2-1-3-8-20/h4-5,9-10,12-13,20-21,24,27,33H,1-3,6-8,11,14-19H2/p+1/t21-,24+,27+,30+/m1/s1. The van der Waals surface area contributed by atoms with E-state index in [0.29, 0.717) is 17.0 Å². The largest absolute Gasteiger partial charge is 0.339 e. The second-order valence-corrected chi connectivity index (χ2v) is 12.0. The summed E-state index contributed by atoms with van der Waals surface area (Å²) in [7, 11) is 0. The van der Waals surface area contributed by atoms with E-state index in [4.69, 9.17) is 11.6 Å². The number of rotatable bonds is 3. The Morgan fingerprint density at radius 2 is 1.92 bits per heavy atom. The Morgan fingerprint density at radius 1 is 1.08 bits per heavy atom. The van der Waals surface area contributed by atoms with Crippen molar-refractivity contribution in [2.75, 3.05) is 19.6 Å². The van der Waals surface area contributed by atoms with Crippen LogP contribution in [-0.2, 0) is 16.6 Å². The Morgan fingerprint density at radius 3 is 2.75 bits per heavy atom. The minimum atomic E-state index is -0.175. The van der Waals surface area contributed by atoms with Crippen molar-refractivity contribution in [2.24, 2.45) is 11.8 Å². The normalized spacial score (nSPS) is 30.9. The molecule has 192 valence electrons. The van der Waals surface area contributed by atoms with E-state index in [9.17, 15) is 9.18 Å². The SMILES string of the molecule is O=C([C@@H]1CNC[C@]12CCCc1[nH+]c(Cl)ccc12)N1CC[C@@H](c2ccccc2F)C[C@H]1C1CCCCC1. The number of aromatic amines is 1. The lowest BCUT2D eigenvalue weighted by Gasteiger charge is -2.47. The first kappa shape index (κ1) is 24.4. The zero-order valence-corrected chi connectivity index (χ0v) is 21.8. The maximum absolute atomic E-state index is 14.8. The predicted molar refractivity (Wildman–Crippen MR) is 139 cm³/mol. The molecule has 4 atom stereocenters. The van der Waals surface area contributed by atoms with Gasteiger partial charge in [-0.25, -0.2) is 4.39 Å². The van der Waals surface area contributed by atoms with Gasteiger partial charge >= 0.3 is 0 Å². The third-order valence-corrected chi connectivity index (χ3v) is 10.0. The lowest BCUT2D eigenvalue weighted by Crippen LogP contribution is -2.55. The number of piperidine rings is 1. The average Bonchev–Trinajstić information content (AvgIpc) is 3.32. The van der Waals surface area contributed by atoms with Gasteiger partial charge in [0.05, 0.1) is 5.92 Å². The molecule has 1 spiro atoms. The molecule has 0 bridgehead atoms. The molecule has 2 saturated heterocycles. The average molecular weight is 511 g/mol. The molecular weight excluding hydrogens is 473 g/mol. The fourth-order valence-electron chi connectivity index (χ4n) is 8.04. The van der Waals surface area contributed by atoms with Crippen LogP contribution in [0.4, 0.5) is 4.39 Å². The van der Waals surface area contributed by atoms with Crippen LogP contribution in [0.3, 0.4) is 0 Å². The van der Waals surface area contributed by atoms with Crippen molar-refractivity contribution in [1.29, 1.82) is 0 Å². The molecule has 4 aliphatic rings. The number of aryl methyl sites for hydroxylation is 1. The number of benzene rings is 1. The minimum Gasteiger partial charge on any atom is -0.339 e. The molecule has 2 aliphatic carbocycles. The van der Waals surface area contributed by atoms with E-state index in [0.717, 1.165) is 57.3 Å². The van der Waals surface area contributed by atoms with Gasteiger partial charge < -0.3 is 10.2 Å². The highest BCUT2D eigenvalue weighted by Gasteiger charge is 2.53. The van der Waals surface area contributed by atoms with E-state index in [2.05, 4.69) is 21.3 Å². The zero-order valence-electron chi connectivity index (χ0n) is 21.1. The molecule has 1 saturated carbocycles. The number of fused-ring (bicyclic) bond motifs is 2. The molecule has 6 heteroatoms. The number of nitrogens with one attached hydrogen (secondary N) is 2. The van der Waals surface area contributed by atoms with Crippen molar-refractivity contribution in [3.63, 3.8) is 0 Å². The van der Waals surface area contributed by atoms with Crippen molar-refractivity contribution >= 4 is 17.5 Å². The van der Waals surface area contributed by atoms with Gasteiger partial charge in [0.15, 0.2) is 5.69 Å². The van der Waals surface area contributed by atoms with Crippen molar-refractivity contribution in [1.82, 2.24) is 10.2 Å². The van der Waals surface area contributed by atoms with Gasteiger partial charge in [-0.1, -0.05) is 37.5 Å². The predicted octanol–water partition coefficient (Wildman–Crippen LogP) is 5.44. The van der Waals surface area contributed by atoms with Gasteiger partial charge in [0.1, 0.15) is 5.82 Å². The number of aromatic nitrogens is 1. The van der Waals surface area contributed by atoms with Crippen LogP contribution in [0.2, 0.25) is 5.15 Å². The summed E-state index contributed by atoms with van der Waals surface area (Å²) in [6.45, 7) is 2.29. The van der Waals surface area contributed by atoms with Gasteiger partial charge in [0.2, 0.25) is 5.91 Å². The summed E-state index contributed by atoms with van der Waals surface area (Å²) < 4.78 is 14.8. The van der Waals surface area contributed by atoms with Crippen LogP contribution in [0.5, 0.6) is 0 Å². The number of hydrogen-bond acceptors (Lipinski definition) is 2. The molecule has 3 fully saturated rings. The number of pyridine rings is 1. The number of carbonyl (C=O) groups excluding carboxylic acids is 1. The first-order valence-electron chi connectivity index (χ1n) is 14.0. The highest BCUT2D eigenvalue weighted by atomic mass is 35.5. The van der Waals surface area contributed by atoms with E-state index in [-0.39, 0.29) is 29.1 Å². The lowest BCUT2D eigenvalue weighted by molar-refractivity contribution is -0.390. The van der Waals surface area contributed by atoms with E-state index in [1.807, 2.05) is 18.2 Å². The van der Waals surface area contributed by atoms with Crippen LogP contribution >= 0.6 is 11.6 Å². The molecular formula is C30H38ClFN3O+. The molecule has 4 nitrogen and oxygen atoms in total. The van der Waals surface area contributed by atoms with E-state index in [1.54, 1.807) is 12.1 Å². The molecule has 36 heavy (non-hydrogen) atoms. The number of hydrogen-bond donors (Lipinski definition) is 1. The van der Waals surface area contributed by atoms with Gasteiger partial charge in [0, 0.05) is 49.1 Å². The highest BCUT2D eigenvalue weighted by molar-refractivity contribution is 6.28. The fourth-order valence-corrected chi connectivity index (χ4v) is 8.22. The van der Waals surface area contributed by atoms with Crippen molar-refractivity contribution in [3.05, 3.63) is 64.2 Å². The number of halogens is 2. The monoisotopic (exact) mass is 510 g/mol. The Labute approximate surface area is 219 Å². The first-order valence-corrected chi connectivity index (χ1v) is 14.4. The van der Waals surface area contributed by atoms with Crippen LogP contribution in [-0.4, -0.2) is 36.5 Å². The number of amides is 1. The third kappa shape index (κ3) is 4.26. The second kappa shape index (κ2) is 10.1. The zero-order chi connectivity index (χ0) is 24.7. The number of nitrogens with zero attached hydrogens (tertiary/aromatic N) is 1. The van der Waals surface area contributed by atoms with E-state index in [1.165, 1.54) is 43.4 Å². The maximum atomic E-state index is 14.8. The van der Waals surface area contributed by atoms with Gasteiger partial charge in [-0.15, -0.1) is 0 Å². The van der Waals surface area contributed by atoms with Gasteiger partial charge in [0.25, 0.3) is 5.15 Å². The Hall–Kier alpha value is -1.98. The third-order valence-electron chi connectivity index (χ3n) is 9.80. The summed E-state index contributed by atoms with van der Waals surface area (Å²) >= 11 is 6.30. The van der Waals surface area contributed by atoms with Crippen LogP contribution in [0.15, 0.2) is 36.4 Å². The maximum Gasteiger partial charge on any atom is 0.273 e. The number of H-pyrrole nitrogens is 1. The molecule has 6 rings (SSSR count). The Bertz CT molecular complexity index is 1120. The van der Waals surface area contributed by atoms with Crippen LogP contribution < -0.4 is 10.3 Å². The molecule has 2 N–H and O–H groups in total. The molecule has 1 aromatic carbocycles. The van der Waals surface area contributed by atoms with Crippen LogP contribution in [0.1, 0.15) is 80.5 Å². The van der Waals surface area contributed by atoms with Gasteiger partial charge in [-0.2, -0.15) is 4.98 Å². The lowest BCUT2D eigenvalue weighted by atomic mass is 9.64. The van der Waals surface area contributed by atoms with Gasteiger partial charge in [-0.05, 0) is 79.7 Å². The summed E-state index contributed by atoms with van der Waals surface area (Å²) in [6.07, 6.45) is 10.9. The molecule has 1 amide bonds. The topological polar surface area (TPSA) is 46.5 Å². The Kier molecular flexibility index (Phi) is 6.81. The summed E-state index contributed by atoms with van der Waals surface area (Å²) in [5.41, 5.74) is 3.12. The second-order valence-electron chi connectivity index (χ2n) is 11.6. The number of carbonyl (C=O) groups is 1. The molecule has 2 aromatic rings. The Balaban J connectivity index is 1.31. The van der Waals surface area contributed by atoms with Crippen LogP contribution in [0.25, 0.3) is 0 Å². The van der Waals surface area contributed by atoms with Crippen LogP contribution in [0, 0.1) is 17.7 Å². The highest BCUT2D eigenvalue weighted by Crippen LogP contribution is 2.47. The first-order chi connectivity index (χ1) is 17.6. The molecule has 0 radical (unpaired) electrons. The van der Waals surface area contributed by atoms with Crippen molar-refractivity contribution < 1.29 is 14.2 Å². The van der Waals surface area contributed by atoms with Crippen molar-refractivity contribution in [2.45, 2.75) is 81.6 Å². The van der Waals surface area contributed by atoms with Crippen molar-refractivity contribution in [3.8, 4) is 0 Å². The fraction of sp³-hybridized carbons (Fsp3) is 0.600. The minimum absolute atomic E-state index is 0.0674. The molecule has 2 aliphatic heterocycles. The molecule has 3 heterocycles. The molecule has 1 aromatic heterocycles.